The van der Waals surface area contributed by atoms with E-state index in [-0.39, 0.29) is 23.2 Å². The lowest BCUT2D eigenvalue weighted by molar-refractivity contribution is -0.139. The Morgan fingerprint density at radius 2 is 1.89 bits per heavy atom. The number of hydrogen-bond donors (Lipinski definition) is 1. The molecule has 3 aliphatic rings. The number of ether oxygens (including phenoxy) is 2. The molecule has 38 heavy (non-hydrogen) atoms. The standard InChI is InChI=1S/C27H26F3N5O3/c1-34-10-7-15-12-21(37-3)19(11-16(15)14-34)32-25-31-13-18(27(28,29)30)23(33-25)38-20-6-4-5-17-22(20)24(36)35(2)26(17)8-9-26/h4-6,11-13H,7-10,14H2,1-3H3,(H,31,32,33). The van der Waals surface area contributed by atoms with Gasteiger partial charge in [0, 0.05) is 26.3 Å². The SMILES string of the molecule is COc1cc2c(cc1Nc1ncc(C(F)(F)F)c(Oc3cccc4c3C(=O)N(C)C43CC3)n1)CN(C)CC2. The Kier molecular flexibility index (Phi) is 5.53. The predicted molar refractivity (Wildman–Crippen MR) is 133 cm³/mol. The number of aromatic nitrogens is 2. The van der Waals surface area contributed by atoms with E-state index in [1.807, 2.05) is 25.2 Å². The smallest absolute Gasteiger partial charge is 0.423 e. The van der Waals surface area contributed by atoms with Crippen molar-refractivity contribution >= 4 is 17.5 Å². The highest BCUT2D eigenvalue weighted by Gasteiger charge is 2.57. The van der Waals surface area contributed by atoms with Crippen LogP contribution in [-0.4, -0.2) is 53.4 Å². The predicted octanol–water partition coefficient (Wildman–Crippen LogP) is 5.10. The first kappa shape index (κ1) is 24.5. The van der Waals surface area contributed by atoms with Gasteiger partial charge >= 0.3 is 6.18 Å². The minimum Gasteiger partial charge on any atom is -0.495 e. The molecule has 2 aliphatic heterocycles. The van der Waals surface area contributed by atoms with Crippen LogP contribution in [-0.2, 0) is 24.7 Å². The number of carbonyl (C=O) groups is 1. The van der Waals surface area contributed by atoms with Gasteiger partial charge in [0.1, 0.15) is 17.1 Å². The summed E-state index contributed by atoms with van der Waals surface area (Å²) < 4.78 is 53.0. The lowest BCUT2D eigenvalue weighted by Crippen LogP contribution is -2.28. The zero-order chi connectivity index (χ0) is 26.8. The molecular formula is C27H26F3N5O3. The van der Waals surface area contributed by atoms with Gasteiger partial charge in [-0.3, -0.25) is 4.79 Å². The fraction of sp³-hybridized carbons (Fsp3) is 0.370. The topological polar surface area (TPSA) is 79.8 Å². The molecule has 0 atom stereocenters. The maximum Gasteiger partial charge on any atom is 0.423 e. The lowest BCUT2D eigenvalue weighted by Gasteiger charge is -2.26. The van der Waals surface area contributed by atoms with Crippen LogP contribution in [0.15, 0.2) is 36.5 Å². The average Bonchev–Trinajstić information content (AvgIpc) is 3.65. The van der Waals surface area contributed by atoms with Crippen LogP contribution in [0.3, 0.4) is 0 Å². The summed E-state index contributed by atoms with van der Waals surface area (Å²) in [6, 6.07) is 8.83. The number of nitrogens with one attached hydrogen (secondary N) is 1. The summed E-state index contributed by atoms with van der Waals surface area (Å²) in [5, 5.41) is 3.00. The van der Waals surface area contributed by atoms with Gasteiger partial charge in [-0.1, -0.05) is 12.1 Å². The molecule has 1 fully saturated rings. The number of rotatable bonds is 5. The van der Waals surface area contributed by atoms with Crippen LogP contribution in [0.25, 0.3) is 0 Å². The third kappa shape index (κ3) is 3.92. The van der Waals surface area contributed by atoms with Crippen molar-refractivity contribution in [3.8, 4) is 17.4 Å². The third-order valence-corrected chi connectivity index (χ3v) is 7.65. The van der Waals surface area contributed by atoms with Crippen molar-refractivity contribution in [2.45, 2.75) is 37.5 Å². The van der Waals surface area contributed by atoms with E-state index in [1.165, 1.54) is 13.2 Å². The molecule has 1 amide bonds. The van der Waals surface area contributed by atoms with Gasteiger partial charge in [0.15, 0.2) is 0 Å². The number of carbonyl (C=O) groups excluding carboxylic acids is 1. The highest BCUT2D eigenvalue weighted by Crippen LogP contribution is 2.57. The number of halogens is 3. The van der Waals surface area contributed by atoms with E-state index < -0.39 is 23.2 Å². The molecule has 2 aromatic carbocycles. The minimum atomic E-state index is -4.77. The minimum absolute atomic E-state index is 0.0349. The van der Waals surface area contributed by atoms with Gasteiger partial charge in [-0.2, -0.15) is 18.2 Å². The zero-order valence-electron chi connectivity index (χ0n) is 21.1. The molecule has 0 bridgehead atoms. The maximum atomic E-state index is 13.9. The highest BCUT2D eigenvalue weighted by molar-refractivity contribution is 6.03. The summed E-state index contributed by atoms with van der Waals surface area (Å²) in [4.78, 5) is 24.9. The highest BCUT2D eigenvalue weighted by atomic mass is 19.4. The first-order chi connectivity index (χ1) is 18.1. The Morgan fingerprint density at radius 1 is 1.11 bits per heavy atom. The molecule has 3 aromatic rings. The number of likely N-dealkylation sites (N-methyl/N-ethyl adjacent to an activating group) is 1. The van der Waals surface area contributed by atoms with Gasteiger partial charge < -0.3 is 24.6 Å². The number of anilines is 2. The van der Waals surface area contributed by atoms with Crippen molar-refractivity contribution in [1.82, 2.24) is 19.8 Å². The van der Waals surface area contributed by atoms with E-state index in [2.05, 4.69) is 20.2 Å². The molecule has 1 aromatic heterocycles. The molecular weight excluding hydrogens is 499 g/mol. The number of amides is 1. The molecule has 6 rings (SSSR count). The number of hydrogen-bond acceptors (Lipinski definition) is 7. The molecule has 0 saturated heterocycles. The number of methoxy groups -OCH3 is 1. The molecule has 198 valence electrons. The van der Waals surface area contributed by atoms with Crippen LogP contribution in [0.5, 0.6) is 17.4 Å². The van der Waals surface area contributed by atoms with E-state index in [0.29, 0.717) is 17.6 Å². The van der Waals surface area contributed by atoms with Crippen molar-refractivity contribution in [1.29, 1.82) is 0 Å². The quantitative estimate of drug-likeness (QED) is 0.496. The average molecular weight is 526 g/mol. The maximum absolute atomic E-state index is 13.9. The molecule has 0 radical (unpaired) electrons. The third-order valence-electron chi connectivity index (χ3n) is 7.65. The molecule has 0 unspecified atom stereocenters. The first-order valence-corrected chi connectivity index (χ1v) is 12.3. The van der Waals surface area contributed by atoms with Crippen molar-refractivity contribution in [2.75, 3.05) is 33.1 Å². The van der Waals surface area contributed by atoms with Crippen LogP contribution in [0.1, 0.15) is 45.5 Å². The number of benzene rings is 2. The Labute approximate surface area is 217 Å². The monoisotopic (exact) mass is 525 g/mol. The molecule has 1 saturated carbocycles. The second kappa shape index (κ2) is 8.59. The Bertz CT molecular complexity index is 1450. The molecule has 3 heterocycles. The number of nitrogens with zero attached hydrogens (tertiary/aromatic N) is 4. The number of fused-ring (bicyclic) bond motifs is 3. The van der Waals surface area contributed by atoms with E-state index in [4.69, 9.17) is 9.47 Å². The summed E-state index contributed by atoms with van der Waals surface area (Å²) in [7, 11) is 5.26. The van der Waals surface area contributed by atoms with E-state index in [9.17, 15) is 18.0 Å². The first-order valence-electron chi connectivity index (χ1n) is 12.3. The summed E-state index contributed by atoms with van der Waals surface area (Å²) in [6.45, 7) is 1.66. The van der Waals surface area contributed by atoms with Crippen molar-refractivity contribution in [2.24, 2.45) is 0 Å². The van der Waals surface area contributed by atoms with Crippen molar-refractivity contribution < 1.29 is 27.4 Å². The van der Waals surface area contributed by atoms with Crippen LogP contribution < -0.4 is 14.8 Å². The zero-order valence-corrected chi connectivity index (χ0v) is 21.1. The fourth-order valence-corrected chi connectivity index (χ4v) is 5.41. The molecule has 1 N–H and O–H groups in total. The van der Waals surface area contributed by atoms with Gasteiger partial charge in [0.2, 0.25) is 11.8 Å². The summed E-state index contributed by atoms with van der Waals surface area (Å²) in [6.07, 6.45) is -1.60. The normalized spacial score (nSPS) is 17.8. The lowest BCUT2D eigenvalue weighted by atomic mass is 9.99. The summed E-state index contributed by atoms with van der Waals surface area (Å²) >= 11 is 0. The van der Waals surface area contributed by atoms with Crippen LogP contribution in [0.4, 0.5) is 24.8 Å². The van der Waals surface area contributed by atoms with Crippen molar-refractivity contribution in [3.05, 3.63) is 64.3 Å². The van der Waals surface area contributed by atoms with E-state index in [0.717, 1.165) is 49.0 Å². The molecule has 1 aliphatic carbocycles. The van der Waals surface area contributed by atoms with Gasteiger partial charge in [-0.15, -0.1) is 0 Å². The largest absolute Gasteiger partial charge is 0.495 e. The summed E-state index contributed by atoms with van der Waals surface area (Å²) in [5.41, 5.74) is 2.28. The van der Waals surface area contributed by atoms with Crippen LogP contribution in [0.2, 0.25) is 0 Å². The van der Waals surface area contributed by atoms with E-state index in [1.54, 1.807) is 18.0 Å². The second-order valence-electron chi connectivity index (χ2n) is 10.0. The van der Waals surface area contributed by atoms with Gasteiger partial charge in [-0.05, 0) is 61.2 Å². The Balaban J connectivity index is 1.38. The Morgan fingerprint density at radius 3 is 2.61 bits per heavy atom. The van der Waals surface area contributed by atoms with Crippen LogP contribution in [0, 0.1) is 0 Å². The molecule has 11 heteroatoms. The Hall–Kier alpha value is -3.86. The van der Waals surface area contributed by atoms with Crippen molar-refractivity contribution in [3.63, 3.8) is 0 Å². The second-order valence-corrected chi connectivity index (χ2v) is 10.0. The van der Waals surface area contributed by atoms with E-state index >= 15 is 0 Å². The van der Waals surface area contributed by atoms with Crippen LogP contribution >= 0.6 is 0 Å². The molecule has 8 nitrogen and oxygen atoms in total. The van der Waals surface area contributed by atoms with Gasteiger partial charge in [0.25, 0.3) is 5.91 Å². The van der Waals surface area contributed by atoms with Gasteiger partial charge in [0.05, 0.1) is 23.9 Å². The number of alkyl halides is 3. The fourth-order valence-electron chi connectivity index (χ4n) is 5.41. The summed E-state index contributed by atoms with van der Waals surface area (Å²) in [5.74, 6) is -0.494. The van der Waals surface area contributed by atoms with Gasteiger partial charge in [-0.25, -0.2) is 4.98 Å². The molecule has 1 spiro atoms.